The second-order valence-corrected chi connectivity index (χ2v) is 7.68. The average Bonchev–Trinajstić information content (AvgIpc) is 3.10. The number of carbonyl (C=O) groups is 1. The van der Waals surface area contributed by atoms with Crippen LogP contribution in [0.5, 0.6) is 5.75 Å². The lowest BCUT2D eigenvalue weighted by Gasteiger charge is -2.33. The first kappa shape index (κ1) is 17.8. The lowest BCUT2D eigenvalue weighted by Crippen LogP contribution is -3.15. The third kappa shape index (κ3) is 4.20. The molecular formula is C20H23N4O2S+. The van der Waals surface area contributed by atoms with Crippen molar-refractivity contribution in [1.82, 2.24) is 4.98 Å². The van der Waals surface area contributed by atoms with Crippen molar-refractivity contribution in [3.05, 3.63) is 48.5 Å². The number of aromatic nitrogens is 1. The molecule has 1 aliphatic heterocycles. The van der Waals surface area contributed by atoms with Gasteiger partial charge in [0.25, 0.3) is 5.91 Å². The van der Waals surface area contributed by atoms with E-state index in [1.807, 2.05) is 36.4 Å². The Morgan fingerprint density at radius 3 is 2.63 bits per heavy atom. The van der Waals surface area contributed by atoms with Gasteiger partial charge >= 0.3 is 0 Å². The van der Waals surface area contributed by atoms with E-state index in [9.17, 15) is 4.79 Å². The van der Waals surface area contributed by atoms with Crippen LogP contribution in [0.4, 0.5) is 10.8 Å². The van der Waals surface area contributed by atoms with E-state index in [4.69, 9.17) is 4.74 Å². The van der Waals surface area contributed by atoms with E-state index in [0.717, 1.165) is 42.1 Å². The zero-order valence-electron chi connectivity index (χ0n) is 15.3. The van der Waals surface area contributed by atoms with Crippen LogP contribution in [-0.4, -0.2) is 50.7 Å². The fourth-order valence-corrected chi connectivity index (χ4v) is 4.25. The molecule has 0 bridgehead atoms. The van der Waals surface area contributed by atoms with E-state index in [1.54, 1.807) is 7.11 Å². The molecule has 27 heavy (non-hydrogen) atoms. The number of amides is 1. The van der Waals surface area contributed by atoms with Crippen molar-refractivity contribution in [2.45, 2.75) is 0 Å². The van der Waals surface area contributed by atoms with Gasteiger partial charge in [0.2, 0.25) is 0 Å². The molecule has 2 N–H and O–H groups in total. The van der Waals surface area contributed by atoms with Crippen LogP contribution >= 0.6 is 11.3 Å². The number of quaternary nitrogens is 1. The number of carbonyl (C=O) groups excluding carboxylic acids is 1. The van der Waals surface area contributed by atoms with Crippen LogP contribution in [0.3, 0.4) is 0 Å². The molecule has 2 heterocycles. The molecule has 1 aromatic heterocycles. The molecule has 0 saturated carbocycles. The van der Waals surface area contributed by atoms with Crippen LogP contribution in [0.2, 0.25) is 0 Å². The van der Waals surface area contributed by atoms with Gasteiger partial charge in [-0.25, -0.2) is 4.98 Å². The van der Waals surface area contributed by atoms with E-state index < -0.39 is 0 Å². The molecule has 1 aliphatic rings. The largest absolute Gasteiger partial charge is 0.497 e. The Bertz CT molecular complexity index is 884. The third-order valence-electron chi connectivity index (χ3n) is 4.86. The number of nitrogens with zero attached hydrogens (tertiary/aromatic N) is 2. The van der Waals surface area contributed by atoms with E-state index in [1.165, 1.54) is 21.9 Å². The second-order valence-electron chi connectivity index (χ2n) is 6.65. The summed E-state index contributed by atoms with van der Waals surface area (Å²) in [6, 6.07) is 16.1. The molecule has 1 amide bonds. The fraction of sp³-hybridized carbons (Fsp3) is 0.300. The number of piperazine rings is 1. The zero-order chi connectivity index (χ0) is 18.6. The summed E-state index contributed by atoms with van der Waals surface area (Å²) in [4.78, 5) is 20.5. The first-order valence-corrected chi connectivity index (χ1v) is 9.91. The topological polar surface area (TPSA) is 58.9 Å². The number of benzene rings is 2. The molecule has 140 valence electrons. The van der Waals surface area contributed by atoms with Crippen molar-refractivity contribution in [3.8, 4) is 5.75 Å². The van der Waals surface area contributed by atoms with Crippen LogP contribution in [-0.2, 0) is 4.79 Å². The molecule has 4 rings (SSSR count). The highest BCUT2D eigenvalue weighted by molar-refractivity contribution is 7.22. The van der Waals surface area contributed by atoms with Gasteiger partial charge in [0.05, 0.1) is 43.5 Å². The molecule has 2 aromatic carbocycles. The minimum Gasteiger partial charge on any atom is -0.497 e. The van der Waals surface area contributed by atoms with Gasteiger partial charge in [-0.15, -0.1) is 0 Å². The van der Waals surface area contributed by atoms with Gasteiger partial charge in [-0.3, -0.25) is 10.1 Å². The van der Waals surface area contributed by atoms with Crippen LogP contribution in [0.25, 0.3) is 10.2 Å². The number of para-hydroxylation sites is 1. The Morgan fingerprint density at radius 2 is 1.93 bits per heavy atom. The van der Waals surface area contributed by atoms with Gasteiger partial charge in [0, 0.05) is 5.69 Å². The first-order chi connectivity index (χ1) is 13.2. The minimum absolute atomic E-state index is 0.0296. The molecule has 0 radical (unpaired) electrons. The summed E-state index contributed by atoms with van der Waals surface area (Å²) in [6.45, 7) is 4.25. The summed E-state index contributed by atoms with van der Waals surface area (Å²) in [5, 5.41) is 3.63. The number of anilines is 2. The van der Waals surface area contributed by atoms with E-state index in [0.29, 0.717) is 11.7 Å². The highest BCUT2D eigenvalue weighted by Crippen LogP contribution is 2.25. The van der Waals surface area contributed by atoms with Crippen LogP contribution in [0, 0.1) is 0 Å². The summed E-state index contributed by atoms with van der Waals surface area (Å²) in [7, 11) is 1.68. The lowest BCUT2D eigenvalue weighted by atomic mass is 10.2. The fourth-order valence-electron chi connectivity index (χ4n) is 3.37. The number of hydrogen-bond donors (Lipinski definition) is 2. The predicted molar refractivity (Wildman–Crippen MR) is 109 cm³/mol. The molecule has 1 fully saturated rings. The maximum absolute atomic E-state index is 12.4. The molecule has 0 aliphatic carbocycles. The molecular weight excluding hydrogens is 360 g/mol. The van der Waals surface area contributed by atoms with Gasteiger partial charge in [0.15, 0.2) is 11.7 Å². The van der Waals surface area contributed by atoms with Crippen LogP contribution in [0.15, 0.2) is 48.5 Å². The summed E-state index contributed by atoms with van der Waals surface area (Å²) in [6.07, 6.45) is 0. The van der Waals surface area contributed by atoms with Crippen molar-refractivity contribution < 1.29 is 14.4 Å². The lowest BCUT2D eigenvalue weighted by molar-refractivity contribution is -0.892. The molecule has 3 aromatic rings. The van der Waals surface area contributed by atoms with Gasteiger partial charge < -0.3 is 14.5 Å². The van der Waals surface area contributed by atoms with Crippen molar-refractivity contribution in [1.29, 1.82) is 0 Å². The molecule has 0 spiro atoms. The Labute approximate surface area is 162 Å². The monoisotopic (exact) mass is 383 g/mol. The highest BCUT2D eigenvalue weighted by Gasteiger charge is 2.22. The van der Waals surface area contributed by atoms with Crippen molar-refractivity contribution >= 4 is 38.3 Å². The maximum Gasteiger partial charge on any atom is 0.281 e. The summed E-state index contributed by atoms with van der Waals surface area (Å²) in [5.74, 6) is 0.900. The number of thiazole rings is 1. The quantitative estimate of drug-likeness (QED) is 0.703. The highest BCUT2D eigenvalue weighted by atomic mass is 32.1. The Morgan fingerprint density at radius 1 is 1.19 bits per heavy atom. The standard InChI is InChI=1S/C20H22N4O2S/c1-26-16-8-6-15(7-9-16)24-12-10-23(11-13-24)14-19(25)22-20-21-17-4-2-3-5-18(17)27-20/h2-9H,10-14H2,1H3,(H,21,22,25)/p+1. The minimum atomic E-state index is 0.0296. The Hall–Kier alpha value is -2.64. The molecule has 1 saturated heterocycles. The van der Waals surface area contributed by atoms with Gasteiger partial charge in [-0.05, 0) is 36.4 Å². The van der Waals surface area contributed by atoms with Crippen LogP contribution < -0.4 is 19.9 Å². The summed E-state index contributed by atoms with van der Waals surface area (Å²) >= 11 is 1.52. The normalized spacial score (nSPS) is 15.1. The van der Waals surface area contributed by atoms with Gasteiger partial charge in [0.1, 0.15) is 5.75 Å². The van der Waals surface area contributed by atoms with E-state index >= 15 is 0 Å². The number of nitrogens with one attached hydrogen (secondary N) is 2. The van der Waals surface area contributed by atoms with Crippen molar-refractivity contribution in [2.75, 3.05) is 50.1 Å². The summed E-state index contributed by atoms with van der Waals surface area (Å²) < 4.78 is 6.30. The van der Waals surface area contributed by atoms with Crippen molar-refractivity contribution in [2.24, 2.45) is 0 Å². The Kier molecular flexibility index (Phi) is 5.22. The molecule has 0 atom stereocenters. The van der Waals surface area contributed by atoms with E-state index in [2.05, 4.69) is 27.3 Å². The smallest absolute Gasteiger partial charge is 0.281 e. The van der Waals surface area contributed by atoms with E-state index in [-0.39, 0.29) is 5.91 Å². The zero-order valence-corrected chi connectivity index (χ0v) is 16.1. The number of hydrogen-bond acceptors (Lipinski definition) is 5. The SMILES string of the molecule is COc1ccc(N2CC[NH+](CC(=O)Nc3nc4ccccc4s3)CC2)cc1. The summed E-state index contributed by atoms with van der Waals surface area (Å²) in [5.41, 5.74) is 2.13. The Balaban J connectivity index is 1.28. The average molecular weight is 383 g/mol. The maximum atomic E-state index is 12.4. The predicted octanol–water partition coefficient (Wildman–Crippen LogP) is 1.65. The second kappa shape index (κ2) is 7.94. The molecule has 7 heteroatoms. The number of methoxy groups -OCH3 is 1. The number of rotatable bonds is 5. The van der Waals surface area contributed by atoms with Gasteiger partial charge in [-0.1, -0.05) is 23.5 Å². The van der Waals surface area contributed by atoms with Crippen molar-refractivity contribution in [3.63, 3.8) is 0 Å². The molecule has 0 unspecified atom stereocenters. The molecule has 6 nitrogen and oxygen atoms in total. The number of ether oxygens (including phenoxy) is 1. The van der Waals surface area contributed by atoms with Crippen LogP contribution in [0.1, 0.15) is 0 Å². The first-order valence-electron chi connectivity index (χ1n) is 9.09. The van der Waals surface area contributed by atoms with Gasteiger partial charge in [-0.2, -0.15) is 0 Å². The number of fused-ring (bicyclic) bond motifs is 1. The third-order valence-corrected chi connectivity index (χ3v) is 5.81.